The highest BCUT2D eigenvalue weighted by atomic mass is 15.3. The van der Waals surface area contributed by atoms with Crippen molar-refractivity contribution in [1.29, 1.82) is 0 Å². The van der Waals surface area contributed by atoms with Crippen molar-refractivity contribution in [3.8, 4) is 0 Å². The Morgan fingerprint density at radius 1 is 1.12 bits per heavy atom. The lowest BCUT2D eigenvalue weighted by molar-refractivity contribution is 0.324. The van der Waals surface area contributed by atoms with Crippen LogP contribution in [0.4, 0.5) is 0 Å². The molecule has 0 atom stereocenters. The Balaban J connectivity index is -0.0000000838. The quantitative estimate of drug-likeness (QED) is 0.696. The molecule has 1 aliphatic heterocycles. The molecule has 2 nitrogen and oxygen atoms in total. The van der Waals surface area contributed by atoms with Gasteiger partial charge in [0.05, 0.1) is 6.67 Å². The molecule has 0 aromatic heterocycles. The molecule has 0 unspecified atom stereocenters. The predicted octanol–water partition coefficient (Wildman–Crippen LogP) is 4.06. The molecule has 0 aliphatic carbocycles. The van der Waals surface area contributed by atoms with Gasteiger partial charge in [-0.25, -0.2) is 0 Å². The summed E-state index contributed by atoms with van der Waals surface area (Å²) in [6, 6.07) is 0.626. The molecule has 0 amide bonds. The summed E-state index contributed by atoms with van der Waals surface area (Å²) in [6.45, 7) is 18.1. The SMILES string of the molecule is C.CC.CC(C)(C)C.CC(C)N1C=CNC1.[B]. The normalized spacial score (nSPS) is 12.2. The summed E-state index contributed by atoms with van der Waals surface area (Å²) in [5, 5.41) is 3.10. The second kappa shape index (κ2) is 13.5. The fraction of sp³-hybridized carbons (Fsp3) is 0.857. The zero-order valence-corrected chi connectivity index (χ0v) is 12.5. The molecule has 0 saturated heterocycles. The van der Waals surface area contributed by atoms with Gasteiger partial charge in [0.2, 0.25) is 0 Å². The topological polar surface area (TPSA) is 15.3 Å². The number of hydrogen-bond donors (Lipinski definition) is 1. The molecule has 0 aromatic rings. The molecule has 0 spiro atoms. The summed E-state index contributed by atoms with van der Waals surface area (Å²) in [5.74, 6) is 0. The fourth-order valence-electron chi connectivity index (χ4n) is 0.714. The van der Waals surface area contributed by atoms with E-state index in [0.717, 1.165) is 6.67 Å². The van der Waals surface area contributed by atoms with Crippen molar-refractivity contribution in [2.24, 2.45) is 5.41 Å². The highest BCUT2D eigenvalue weighted by Crippen LogP contribution is 2.08. The van der Waals surface area contributed by atoms with Gasteiger partial charge >= 0.3 is 0 Å². The highest BCUT2D eigenvalue weighted by molar-refractivity contribution is 5.75. The molecule has 0 saturated carbocycles. The Bertz CT molecular complexity index is 154. The first-order valence-electron chi connectivity index (χ1n) is 5.96. The van der Waals surface area contributed by atoms with Crippen molar-refractivity contribution in [3.05, 3.63) is 12.4 Å². The monoisotopic (exact) mass is 241 g/mol. The Kier molecular flexibility index (Phi) is 20.0. The number of hydrogen-bond acceptors (Lipinski definition) is 2. The minimum atomic E-state index is 0. The average Bonchev–Trinajstić information content (AvgIpc) is 2.56. The second-order valence-corrected chi connectivity index (χ2v) is 5.29. The molecule has 0 aromatic carbocycles. The van der Waals surface area contributed by atoms with Crippen LogP contribution in [0.15, 0.2) is 12.4 Å². The minimum Gasteiger partial charge on any atom is -0.373 e. The van der Waals surface area contributed by atoms with Gasteiger partial charge in [-0.2, -0.15) is 0 Å². The van der Waals surface area contributed by atoms with Crippen LogP contribution in [0.1, 0.15) is 62.8 Å². The van der Waals surface area contributed by atoms with Crippen LogP contribution in [-0.2, 0) is 0 Å². The van der Waals surface area contributed by atoms with Gasteiger partial charge in [0.1, 0.15) is 0 Å². The number of nitrogens with one attached hydrogen (secondary N) is 1. The number of rotatable bonds is 1. The average molecular weight is 241 g/mol. The predicted molar refractivity (Wildman–Crippen MR) is 83.1 cm³/mol. The third-order valence-corrected chi connectivity index (χ3v) is 1.32. The summed E-state index contributed by atoms with van der Waals surface area (Å²) < 4.78 is 0. The minimum absolute atomic E-state index is 0. The van der Waals surface area contributed by atoms with Gasteiger partial charge in [-0.15, -0.1) is 0 Å². The molecule has 103 valence electrons. The molecule has 1 aliphatic rings. The van der Waals surface area contributed by atoms with Gasteiger partial charge in [-0.05, 0) is 19.3 Å². The molecule has 3 radical (unpaired) electrons. The van der Waals surface area contributed by atoms with E-state index in [1.165, 1.54) is 0 Å². The van der Waals surface area contributed by atoms with E-state index in [9.17, 15) is 0 Å². The first-order valence-corrected chi connectivity index (χ1v) is 5.96. The van der Waals surface area contributed by atoms with Crippen LogP contribution >= 0.6 is 0 Å². The summed E-state index contributed by atoms with van der Waals surface area (Å²) >= 11 is 0. The summed E-state index contributed by atoms with van der Waals surface area (Å²) in [4.78, 5) is 2.24. The van der Waals surface area contributed by atoms with Gasteiger partial charge in [0.25, 0.3) is 0 Å². The van der Waals surface area contributed by atoms with Crippen molar-refractivity contribution >= 4 is 8.41 Å². The summed E-state index contributed by atoms with van der Waals surface area (Å²) in [7, 11) is 0. The van der Waals surface area contributed by atoms with Gasteiger partial charge < -0.3 is 10.2 Å². The van der Waals surface area contributed by atoms with Crippen LogP contribution in [0, 0.1) is 5.41 Å². The molecular formula is C14H34BN2. The van der Waals surface area contributed by atoms with Crippen LogP contribution < -0.4 is 5.32 Å². The lowest BCUT2D eigenvalue weighted by Crippen LogP contribution is -2.27. The van der Waals surface area contributed by atoms with Gasteiger partial charge in [-0.1, -0.05) is 49.0 Å². The molecule has 1 rings (SSSR count). The first kappa shape index (κ1) is 25.3. The first-order chi connectivity index (χ1) is 6.80. The van der Waals surface area contributed by atoms with Gasteiger partial charge in [0.15, 0.2) is 0 Å². The smallest absolute Gasteiger partial charge is 0.0870 e. The Hall–Kier alpha value is -0.595. The zero-order valence-electron chi connectivity index (χ0n) is 12.5. The van der Waals surface area contributed by atoms with E-state index in [2.05, 4.69) is 58.0 Å². The van der Waals surface area contributed by atoms with E-state index in [1.807, 2.05) is 20.0 Å². The van der Waals surface area contributed by atoms with E-state index in [1.54, 1.807) is 0 Å². The third-order valence-electron chi connectivity index (χ3n) is 1.32. The van der Waals surface area contributed by atoms with E-state index >= 15 is 0 Å². The maximum Gasteiger partial charge on any atom is 0.0870 e. The van der Waals surface area contributed by atoms with Crippen LogP contribution in [0.5, 0.6) is 0 Å². The molecule has 0 bridgehead atoms. The van der Waals surface area contributed by atoms with Crippen molar-refractivity contribution < 1.29 is 0 Å². The maximum atomic E-state index is 3.10. The molecular weight excluding hydrogens is 207 g/mol. The summed E-state index contributed by atoms with van der Waals surface area (Å²) in [6.07, 6.45) is 4.05. The molecule has 0 fully saturated rings. The molecule has 1 heterocycles. The van der Waals surface area contributed by atoms with Gasteiger partial charge in [0, 0.05) is 26.9 Å². The Morgan fingerprint density at radius 2 is 1.47 bits per heavy atom. The third kappa shape index (κ3) is 25.6. The standard InChI is InChI=1S/C6H12N2.C5H12.C2H6.CH4.B/c1-6(2)8-4-3-7-5-8;1-5(2,3)4;1-2;;/h3-4,6-7H,5H2,1-2H3;1-4H3;1-2H3;1H4;. The lowest BCUT2D eigenvalue weighted by atomic mass is 10.0. The highest BCUT2D eigenvalue weighted by Gasteiger charge is 2.04. The maximum absolute atomic E-state index is 3.10. The largest absolute Gasteiger partial charge is 0.373 e. The van der Waals surface area contributed by atoms with Crippen molar-refractivity contribution in [1.82, 2.24) is 10.2 Å². The van der Waals surface area contributed by atoms with Crippen molar-refractivity contribution in [2.75, 3.05) is 6.67 Å². The van der Waals surface area contributed by atoms with Crippen LogP contribution in [0.25, 0.3) is 0 Å². The van der Waals surface area contributed by atoms with Crippen LogP contribution in [0.2, 0.25) is 0 Å². The van der Waals surface area contributed by atoms with Crippen LogP contribution in [-0.4, -0.2) is 26.0 Å². The zero-order chi connectivity index (χ0) is 12.5. The summed E-state index contributed by atoms with van der Waals surface area (Å²) in [5.41, 5.74) is 0.500. The molecule has 1 N–H and O–H groups in total. The molecule has 3 heteroatoms. The van der Waals surface area contributed by atoms with E-state index in [0.29, 0.717) is 11.5 Å². The van der Waals surface area contributed by atoms with E-state index < -0.39 is 0 Å². The molecule has 17 heavy (non-hydrogen) atoms. The van der Waals surface area contributed by atoms with Crippen molar-refractivity contribution in [2.45, 2.75) is 68.9 Å². The second-order valence-electron chi connectivity index (χ2n) is 5.29. The Morgan fingerprint density at radius 3 is 1.59 bits per heavy atom. The van der Waals surface area contributed by atoms with E-state index in [-0.39, 0.29) is 15.8 Å². The number of nitrogens with zero attached hydrogens (tertiary/aromatic N) is 1. The fourth-order valence-corrected chi connectivity index (χ4v) is 0.714. The lowest BCUT2D eigenvalue weighted by Gasteiger charge is -2.18. The van der Waals surface area contributed by atoms with E-state index in [4.69, 9.17) is 0 Å². The Labute approximate surface area is 112 Å². The van der Waals surface area contributed by atoms with Crippen LogP contribution in [0.3, 0.4) is 0 Å². The van der Waals surface area contributed by atoms with Crippen molar-refractivity contribution in [3.63, 3.8) is 0 Å². The van der Waals surface area contributed by atoms with Gasteiger partial charge in [-0.3, -0.25) is 0 Å².